The molecule has 2 atom stereocenters. The van der Waals surface area contributed by atoms with Crippen molar-refractivity contribution in [3.05, 3.63) is 29.8 Å². The summed E-state index contributed by atoms with van der Waals surface area (Å²) < 4.78 is 0. The summed E-state index contributed by atoms with van der Waals surface area (Å²) in [4.78, 5) is 31.6. The van der Waals surface area contributed by atoms with Crippen LogP contribution in [-0.4, -0.2) is 53.8 Å². The van der Waals surface area contributed by atoms with E-state index < -0.39 is 0 Å². The van der Waals surface area contributed by atoms with Crippen LogP contribution in [0.2, 0.25) is 0 Å². The number of aliphatic imine (C=N–C) groups is 1. The van der Waals surface area contributed by atoms with Crippen LogP contribution in [0.1, 0.15) is 37.7 Å². The highest BCUT2D eigenvalue weighted by atomic mass is 16.2. The Morgan fingerprint density at radius 1 is 1.28 bits per heavy atom. The second-order valence-electron chi connectivity index (χ2n) is 8.25. The number of carbonyl (C=O) groups is 2. The van der Waals surface area contributed by atoms with Crippen molar-refractivity contribution in [1.82, 2.24) is 15.1 Å². The van der Waals surface area contributed by atoms with Gasteiger partial charge in [0.25, 0.3) is 0 Å². The highest BCUT2D eigenvalue weighted by Gasteiger charge is 2.46. The number of terminal acetylenes is 1. The molecule has 3 aliphatic rings. The van der Waals surface area contributed by atoms with Crippen molar-refractivity contribution in [3.63, 3.8) is 0 Å². The number of amides is 2. The predicted molar refractivity (Wildman–Crippen MR) is 124 cm³/mol. The lowest BCUT2D eigenvalue weighted by Gasteiger charge is -2.24. The third-order valence-corrected chi connectivity index (χ3v) is 5.76. The van der Waals surface area contributed by atoms with Crippen molar-refractivity contribution in [2.75, 3.05) is 26.2 Å². The van der Waals surface area contributed by atoms with Gasteiger partial charge in [0.2, 0.25) is 17.8 Å². The Hall–Kier alpha value is -3.52. The molecule has 1 aliphatic carbocycles. The number of nitrogens with two attached hydrogens (primary N) is 1. The first-order valence-corrected chi connectivity index (χ1v) is 10.9. The van der Waals surface area contributed by atoms with E-state index in [2.05, 4.69) is 23.2 Å². The summed E-state index contributed by atoms with van der Waals surface area (Å²) in [6, 6.07) is 7.55. The molecule has 0 radical (unpaired) electrons. The van der Waals surface area contributed by atoms with Gasteiger partial charge in [-0.1, -0.05) is 18.6 Å². The summed E-state index contributed by atoms with van der Waals surface area (Å²) >= 11 is 0. The van der Waals surface area contributed by atoms with Crippen molar-refractivity contribution in [2.24, 2.45) is 22.6 Å². The minimum Gasteiger partial charge on any atom is -0.369 e. The molecule has 1 aromatic carbocycles. The highest BCUT2D eigenvalue weighted by molar-refractivity contribution is 5.85. The van der Waals surface area contributed by atoms with Gasteiger partial charge in [-0.05, 0) is 55.7 Å². The topological polar surface area (TPSA) is 115 Å². The maximum absolute atomic E-state index is 12.1. The molecule has 170 valence electrons. The van der Waals surface area contributed by atoms with Crippen LogP contribution < -0.4 is 11.1 Å². The number of piperidine rings is 1. The molecule has 2 amide bonds. The molecule has 3 fully saturated rings. The first kappa shape index (κ1) is 24.7. The van der Waals surface area contributed by atoms with Crippen molar-refractivity contribution >= 4 is 23.5 Å². The lowest BCUT2D eigenvalue weighted by Crippen LogP contribution is -2.42. The Balaban J connectivity index is 0.000000218. The highest BCUT2D eigenvalue weighted by Crippen LogP contribution is 2.44. The van der Waals surface area contributed by atoms with Crippen molar-refractivity contribution in [1.29, 1.82) is 5.26 Å². The smallest absolute Gasteiger partial charge is 0.242 e. The van der Waals surface area contributed by atoms with Gasteiger partial charge in [-0.2, -0.15) is 5.26 Å². The van der Waals surface area contributed by atoms with Crippen LogP contribution in [0, 0.1) is 43.1 Å². The number of nitrogens with one attached hydrogen (secondary N) is 1. The quantitative estimate of drug-likeness (QED) is 0.248. The van der Waals surface area contributed by atoms with Gasteiger partial charge in [0.1, 0.15) is 0 Å². The van der Waals surface area contributed by atoms with Gasteiger partial charge in [-0.15, -0.1) is 12.8 Å². The molecular formula is C24H32N6O2. The Kier molecular flexibility index (Phi) is 9.56. The number of nitrogens with zero attached hydrogens (tertiary/aromatic N) is 4. The van der Waals surface area contributed by atoms with Crippen LogP contribution >= 0.6 is 0 Å². The number of rotatable bonds is 3. The van der Waals surface area contributed by atoms with E-state index in [1.54, 1.807) is 11.1 Å². The number of benzene rings is 1. The van der Waals surface area contributed by atoms with Crippen molar-refractivity contribution in [3.8, 4) is 19.0 Å². The Morgan fingerprint density at radius 2 is 2.00 bits per heavy atom. The van der Waals surface area contributed by atoms with Crippen molar-refractivity contribution < 1.29 is 9.59 Å². The van der Waals surface area contributed by atoms with E-state index in [9.17, 15) is 9.59 Å². The lowest BCUT2D eigenvalue weighted by molar-refractivity contribution is -0.139. The first-order chi connectivity index (χ1) is 15.5. The molecule has 2 saturated heterocycles. The maximum atomic E-state index is 12.1. The molecule has 32 heavy (non-hydrogen) atoms. The fraction of sp³-hybridized carbons (Fsp3) is 0.500. The second kappa shape index (κ2) is 12.4. The zero-order valence-corrected chi connectivity index (χ0v) is 18.7. The molecule has 8 heteroatoms. The predicted octanol–water partition coefficient (Wildman–Crippen LogP) is 2.13. The third kappa shape index (κ3) is 7.63. The summed E-state index contributed by atoms with van der Waals surface area (Å²) in [5, 5.41) is 10.5. The largest absolute Gasteiger partial charge is 0.369 e. The number of hydrogen-bond donors (Lipinski definition) is 2. The van der Waals surface area contributed by atoms with E-state index in [4.69, 9.17) is 11.0 Å². The van der Waals surface area contributed by atoms with Gasteiger partial charge in [0.05, 0.1) is 12.2 Å². The number of carbonyl (C=O) groups excluding carboxylic acids is 2. The first-order valence-electron chi connectivity index (χ1n) is 10.9. The van der Waals surface area contributed by atoms with Gasteiger partial charge in [-0.3, -0.25) is 14.9 Å². The SMILES string of the molecule is C#C.Cc1cccc(N=C(N)NC#N)c1.O=C1CCCCCN1CC(=O)N1CC2CC2C1. The summed E-state index contributed by atoms with van der Waals surface area (Å²) in [6.07, 6.45) is 14.8. The number of hydrogen-bond acceptors (Lipinski definition) is 4. The molecule has 0 spiro atoms. The molecular weight excluding hydrogens is 404 g/mol. The minimum atomic E-state index is 0.105. The van der Waals surface area contributed by atoms with Gasteiger partial charge in [0, 0.05) is 26.1 Å². The van der Waals surface area contributed by atoms with E-state index in [1.165, 1.54) is 6.42 Å². The molecule has 1 aromatic rings. The molecule has 2 unspecified atom stereocenters. The molecule has 0 aromatic heterocycles. The van der Waals surface area contributed by atoms with Gasteiger partial charge >= 0.3 is 0 Å². The zero-order chi connectivity index (χ0) is 23.5. The van der Waals surface area contributed by atoms with E-state index in [-0.39, 0.29) is 17.8 Å². The number of nitriles is 1. The van der Waals surface area contributed by atoms with Crippen LogP contribution in [0.3, 0.4) is 0 Å². The zero-order valence-electron chi connectivity index (χ0n) is 18.7. The average molecular weight is 437 g/mol. The molecule has 2 heterocycles. The fourth-order valence-electron chi connectivity index (χ4n) is 3.99. The summed E-state index contributed by atoms with van der Waals surface area (Å²) in [6.45, 7) is 4.92. The van der Waals surface area contributed by atoms with Crippen LogP contribution in [0.25, 0.3) is 0 Å². The summed E-state index contributed by atoms with van der Waals surface area (Å²) in [5.74, 6) is 1.98. The summed E-state index contributed by atoms with van der Waals surface area (Å²) in [5.41, 5.74) is 7.22. The average Bonchev–Trinajstić information content (AvgIpc) is 3.44. The second-order valence-corrected chi connectivity index (χ2v) is 8.25. The normalized spacial score (nSPS) is 21.6. The maximum Gasteiger partial charge on any atom is 0.242 e. The number of guanidine groups is 1. The van der Waals surface area contributed by atoms with E-state index >= 15 is 0 Å². The molecule has 3 N–H and O–H groups in total. The lowest BCUT2D eigenvalue weighted by atomic mass is 10.2. The van der Waals surface area contributed by atoms with Gasteiger partial charge in [-0.25, -0.2) is 4.99 Å². The molecule has 4 rings (SSSR count). The Bertz CT molecular complexity index is 878. The third-order valence-electron chi connectivity index (χ3n) is 5.76. The standard InChI is InChI=1S/C13H20N2O2.C9H10N4.C2H2/c16-12-4-2-1-3-5-14(12)9-13(17)15-7-10-6-11(10)8-15;1-7-3-2-4-8(5-7)13-9(11)12-6-10;1-2/h10-11H,1-9H2;2-5H,1H3,(H3,11,12,13);1-2H. The van der Waals surface area contributed by atoms with Crippen LogP contribution in [0.15, 0.2) is 29.3 Å². The van der Waals surface area contributed by atoms with E-state index in [1.807, 2.05) is 36.1 Å². The van der Waals surface area contributed by atoms with Gasteiger partial charge < -0.3 is 15.5 Å². The molecule has 8 nitrogen and oxygen atoms in total. The number of fused-ring (bicyclic) bond motifs is 1. The fourth-order valence-corrected chi connectivity index (χ4v) is 3.99. The van der Waals surface area contributed by atoms with Crippen LogP contribution in [0.4, 0.5) is 5.69 Å². The monoisotopic (exact) mass is 436 g/mol. The minimum absolute atomic E-state index is 0.105. The van der Waals surface area contributed by atoms with Crippen LogP contribution in [-0.2, 0) is 9.59 Å². The summed E-state index contributed by atoms with van der Waals surface area (Å²) in [7, 11) is 0. The molecule has 2 aliphatic heterocycles. The number of aryl methyl sites for hydroxylation is 1. The van der Waals surface area contributed by atoms with E-state index in [0.29, 0.717) is 13.0 Å². The Morgan fingerprint density at radius 3 is 2.66 bits per heavy atom. The van der Waals surface area contributed by atoms with Crippen molar-refractivity contribution in [2.45, 2.75) is 39.0 Å². The van der Waals surface area contributed by atoms with E-state index in [0.717, 1.165) is 62.0 Å². The van der Waals surface area contributed by atoms with Gasteiger partial charge in [0.15, 0.2) is 6.19 Å². The Labute approximate surface area is 190 Å². The molecule has 1 saturated carbocycles. The number of likely N-dealkylation sites (tertiary alicyclic amines) is 2. The molecule has 0 bridgehead atoms. The van der Waals surface area contributed by atoms with Crippen LogP contribution in [0.5, 0.6) is 0 Å².